The maximum Gasteiger partial charge on any atom is 0.329 e. The van der Waals surface area contributed by atoms with Gasteiger partial charge in [0.05, 0.1) is 5.71 Å². The monoisotopic (exact) mass is 446 g/mol. The quantitative estimate of drug-likeness (QED) is 0.226. The molecule has 0 radical (unpaired) electrons. The van der Waals surface area contributed by atoms with Crippen LogP contribution in [0.3, 0.4) is 0 Å². The first-order valence-electron chi connectivity index (χ1n) is 11.5. The molecule has 0 aliphatic heterocycles. The van der Waals surface area contributed by atoms with Crippen LogP contribution in [0.25, 0.3) is 21.9 Å². The van der Waals surface area contributed by atoms with Crippen LogP contribution in [-0.2, 0) is 13.6 Å². The molecule has 2 aromatic heterocycles. The minimum absolute atomic E-state index is 0.345. The summed E-state index contributed by atoms with van der Waals surface area (Å²) in [6, 6.07) is 14.3. The summed E-state index contributed by atoms with van der Waals surface area (Å²) in [5.41, 5.74) is 4.70. The lowest BCUT2D eigenvalue weighted by Gasteiger charge is -2.10. The minimum Gasteiger partial charge on any atom is -0.303 e. The SMILES string of the molecule is CCCCCCCn1c(N/N=C(\C)c2cccc3ccccc23)nc2c1c(=O)[nH]c(=O)n2C. The van der Waals surface area contributed by atoms with Crippen LogP contribution < -0.4 is 16.7 Å². The lowest BCUT2D eigenvalue weighted by atomic mass is 10.0. The van der Waals surface area contributed by atoms with E-state index < -0.39 is 11.2 Å². The zero-order chi connectivity index (χ0) is 23.4. The largest absolute Gasteiger partial charge is 0.329 e. The molecule has 0 fully saturated rings. The fraction of sp³-hybridized carbons (Fsp3) is 0.360. The van der Waals surface area contributed by atoms with Crippen LogP contribution in [0.1, 0.15) is 51.5 Å². The molecule has 0 spiro atoms. The van der Waals surface area contributed by atoms with Crippen LogP contribution in [0.4, 0.5) is 5.95 Å². The molecule has 0 atom stereocenters. The lowest BCUT2D eigenvalue weighted by molar-refractivity contribution is 0.577. The molecule has 0 aliphatic rings. The van der Waals surface area contributed by atoms with Crippen molar-refractivity contribution in [3.8, 4) is 0 Å². The minimum atomic E-state index is -0.484. The van der Waals surface area contributed by atoms with Gasteiger partial charge in [-0.1, -0.05) is 75.1 Å². The summed E-state index contributed by atoms with van der Waals surface area (Å²) < 4.78 is 3.19. The second kappa shape index (κ2) is 9.85. The van der Waals surface area contributed by atoms with Gasteiger partial charge in [-0.3, -0.25) is 14.3 Å². The van der Waals surface area contributed by atoms with Crippen molar-refractivity contribution >= 4 is 33.6 Å². The Kier molecular flexibility index (Phi) is 6.72. The normalized spacial score (nSPS) is 12.0. The Bertz CT molecular complexity index is 1420. The molecule has 4 rings (SSSR count). The van der Waals surface area contributed by atoms with Gasteiger partial charge in [-0.05, 0) is 24.1 Å². The average Bonchev–Trinajstić information content (AvgIpc) is 3.19. The number of benzene rings is 2. The third-order valence-electron chi connectivity index (χ3n) is 6.00. The summed E-state index contributed by atoms with van der Waals surface area (Å²) in [5.74, 6) is 0.451. The average molecular weight is 447 g/mol. The second-order valence-corrected chi connectivity index (χ2v) is 8.33. The fourth-order valence-electron chi connectivity index (χ4n) is 4.15. The van der Waals surface area contributed by atoms with E-state index in [9.17, 15) is 9.59 Å². The van der Waals surface area contributed by atoms with Crippen molar-refractivity contribution in [2.45, 2.75) is 52.5 Å². The maximum absolute atomic E-state index is 12.6. The smallest absolute Gasteiger partial charge is 0.303 e. The zero-order valence-corrected chi connectivity index (χ0v) is 19.4. The van der Waals surface area contributed by atoms with Gasteiger partial charge in [-0.2, -0.15) is 10.1 Å². The Morgan fingerprint density at radius 1 is 1.06 bits per heavy atom. The number of imidazole rings is 1. The summed E-state index contributed by atoms with van der Waals surface area (Å²) in [6.45, 7) is 4.74. The van der Waals surface area contributed by atoms with E-state index in [-0.39, 0.29) is 0 Å². The molecular weight excluding hydrogens is 416 g/mol. The fourth-order valence-corrected chi connectivity index (χ4v) is 4.15. The number of fused-ring (bicyclic) bond motifs is 2. The van der Waals surface area contributed by atoms with E-state index >= 15 is 0 Å². The Hall–Kier alpha value is -3.68. The molecule has 2 N–H and O–H groups in total. The van der Waals surface area contributed by atoms with Crippen molar-refractivity contribution in [3.63, 3.8) is 0 Å². The molecule has 33 heavy (non-hydrogen) atoms. The van der Waals surface area contributed by atoms with Gasteiger partial charge < -0.3 is 4.57 Å². The third-order valence-corrected chi connectivity index (χ3v) is 6.00. The van der Waals surface area contributed by atoms with Crippen LogP contribution in [0.5, 0.6) is 0 Å². The van der Waals surface area contributed by atoms with Gasteiger partial charge >= 0.3 is 5.69 Å². The molecule has 0 aliphatic carbocycles. The number of hydrogen-bond donors (Lipinski definition) is 2. The van der Waals surface area contributed by atoms with Gasteiger partial charge in [0.2, 0.25) is 5.95 Å². The molecule has 0 amide bonds. The topological polar surface area (TPSA) is 97.1 Å². The van der Waals surface area contributed by atoms with E-state index in [1.54, 1.807) is 7.05 Å². The summed E-state index contributed by atoms with van der Waals surface area (Å²) in [6.07, 6.45) is 5.49. The molecular formula is C25H30N6O2. The number of H-pyrrole nitrogens is 1. The van der Waals surface area contributed by atoms with Crippen LogP contribution in [0.2, 0.25) is 0 Å². The molecule has 0 unspecified atom stereocenters. The predicted molar refractivity (Wildman–Crippen MR) is 134 cm³/mol. The second-order valence-electron chi connectivity index (χ2n) is 8.33. The van der Waals surface area contributed by atoms with Crippen LogP contribution in [-0.4, -0.2) is 24.8 Å². The van der Waals surface area contributed by atoms with E-state index in [1.807, 2.05) is 35.8 Å². The number of nitrogens with one attached hydrogen (secondary N) is 2. The van der Waals surface area contributed by atoms with E-state index in [0.29, 0.717) is 23.7 Å². The standard InChI is InChI=1S/C25H30N6O2/c1-4-5-6-7-10-16-31-21-22(30(3)25(33)27-23(21)32)26-24(31)29-28-17(2)19-15-11-13-18-12-8-9-14-20(18)19/h8-9,11-15H,4-7,10,16H2,1-3H3,(H,26,29)(H,27,32,33)/b28-17+. The number of nitrogens with zero attached hydrogens (tertiary/aromatic N) is 4. The van der Waals surface area contributed by atoms with E-state index in [0.717, 1.165) is 41.3 Å². The highest BCUT2D eigenvalue weighted by Crippen LogP contribution is 2.21. The van der Waals surface area contributed by atoms with E-state index in [1.165, 1.54) is 17.4 Å². The van der Waals surface area contributed by atoms with Crippen molar-refractivity contribution in [2.24, 2.45) is 12.1 Å². The van der Waals surface area contributed by atoms with Crippen molar-refractivity contribution in [1.82, 2.24) is 19.1 Å². The number of hydrazone groups is 1. The predicted octanol–water partition coefficient (Wildman–Crippen LogP) is 4.38. The number of hydrogen-bond acceptors (Lipinski definition) is 5. The maximum atomic E-state index is 12.6. The third kappa shape index (κ3) is 4.60. The number of unbranched alkanes of at least 4 members (excludes halogenated alkanes) is 4. The van der Waals surface area contributed by atoms with E-state index in [4.69, 9.17) is 0 Å². The van der Waals surface area contributed by atoms with Gasteiger partial charge in [0, 0.05) is 19.2 Å². The molecule has 0 saturated carbocycles. The van der Waals surface area contributed by atoms with Gasteiger partial charge in [-0.15, -0.1) is 0 Å². The molecule has 4 aromatic rings. The highest BCUT2D eigenvalue weighted by molar-refractivity contribution is 6.09. The van der Waals surface area contributed by atoms with Crippen LogP contribution >= 0.6 is 0 Å². The summed E-state index contributed by atoms with van der Waals surface area (Å²) in [4.78, 5) is 31.7. The molecule has 2 aromatic carbocycles. The number of rotatable bonds is 9. The first kappa shape index (κ1) is 22.5. The van der Waals surface area contributed by atoms with Crippen molar-refractivity contribution in [3.05, 3.63) is 68.9 Å². The van der Waals surface area contributed by atoms with Gasteiger partial charge in [0.15, 0.2) is 11.2 Å². The van der Waals surface area contributed by atoms with Crippen molar-refractivity contribution < 1.29 is 0 Å². The van der Waals surface area contributed by atoms with Gasteiger partial charge in [-0.25, -0.2) is 10.2 Å². The molecule has 8 nitrogen and oxygen atoms in total. The van der Waals surface area contributed by atoms with Crippen molar-refractivity contribution in [2.75, 3.05) is 5.43 Å². The summed E-state index contributed by atoms with van der Waals surface area (Å²) >= 11 is 0. The molecule has 2 heterocycles. The number of aryl methyl sites for hydroxylation is 2. The first-order chi connectivity index (χ1) is 16.0. The van der Waals surface area contributed by atoms with Crippen LogP contribution in [0.15, 0.2) is 57.2 Å². The highest BCUT2D eigenvalue weighted by Gasteiger charge is 2.17. The Morgan fingerprint density at radius 3 is 2.64 bits per heavy atom. The van der Waals surface area contributed by atoms with Gasteiger partial charge in [0.1, 0.15) is 0 Å². The zero-order valence-electron chi connectivity index (χ0n) is 19.4. The van der Waals surface area contributed by atoms with Crippen LogP contribution in [0, 0.1) is 0 Å². The summed E-state index contributed by atoms with van der Waals surface area (Å²) in [5, 5.41) is 6.85. The molecule has 0 saturated heterocycles. The van der Waals surface area contributed by atoms with Gasteiger partial charge in [0.25, 0.3) is 5.56 Å². The van der Waals surface area contributed by atoms with Crippen molar-refractivity contribution in [1.29, 1.82) is 0 Å². The Balaban J connectivity index is 1.70. The Labute approximate surface area is 192 Å². The lowest BCUT2D eigenvalue weighted by Crippen LogP contribution is -2.29. The molecule has 0 bridgehead atoms. The molecule has 172 valence electrons. The number of aromatic nitrogens is 4. The highest BCUT2D eigenvalue weighted by atomic mass is 16.2. The van der Waals surface area contributed by atoms with E-state index in [2.05, 4.69) is 45.6 Å². The summed E-state index contributed by atoms with van der Waals surface area (Å²) in [7, 11) is 1.60. The molecule has 8 heteroatoms. The number of aromatic amines is 1. The first-order valence-corrected chi connectivity index (χ1v) is 11.5. The Morgan fingerprint density at radius 2 is 1.82 bits per heavy atom. The number of anilines is 1.